The lowest BCUT2D eigenvalue weighted by Crippen LogP contribution is -2.16. The first kappa shape index (κ1) is 19.4. The SMILES string of the molecule is Cc1n[nH]c(=O)c2c(NC(=O)CSc3nnc(Cc4cccs4)n3C)oc(C)c12. The Morgan fingerprint density at radius 2 is 2.17 bits per heavy atom. The molecule has 4 heterocycles. The van der Waals surface area contributed by atoms with Crippen LogP contribution in [-0.4, -0.2) is 36.6 Å². The number of anilines is 1. The Kier molecular flexibility index (Phi) is 5.24. The largest absolute Gasteiger partial charge is 0.444 e. The van der Waals surface area contributed by atoms with Crippen LogP contribution in [0.15, 0.2) is 31.9 Å². The van der Waals surface area contributed by atoms with E-state index >= 15 is 0 Å². The molecule has 2 N–H and O–H groups in total. The highest BCUT2D eigenvalue weighted by Crippen LogP contribution is 2.28. The van der Waals surface area contributed by atoms with Gasteiger partial charge in [0.1, 0.15) is 17.0 Å². The topological polar surface area (TPSA) is 119 Å². The number of carbonyl (C=O) groups is 1. The smallest absolute Gasteiger partial charge is 0.277 e. The Labute approximate surface area is 173 Å². The molecular formula is C18H18N6O3S2. The van der Waals surface area contributed by atoms with E-state index in [4.69, 9.17) is 4.42 Å². The molecular weight excluding hydrogens is 412 g/mol. The van der Waals surface area contributed by atoms with E-state index in [1.807, 2.05) is 29.1 Å². The molecule has 0 saturated carbocycles. The van der Waals surface area contributed by atoms with E-state index < -0.39 is 5.56 Å². The average Bonchev–Trinajstić information content (AvgIpc) is 3.39. The lowest BCUT2D eigenvalue weighted by atomic mass is 10.2. The van der Waals surface area contributed by atoms with E-state index in [2.05, 4.69) is 25.7 Å². The fourth-order valence-corrected chi connectivity index (χ4v) is 4.45. The maximum absolute atomic E-state index is 12.4. The van der Waals surface area contributed by atoms with Crippen molar-refractivity contribution in [3.05, 3.63) is 50.0 Å². The number of furan rings is 1. The zero-order valence-corrected chi connectivity index (χ0v) is 17.6. The number of nitrogens with zero attached hydrogens (tertiary/aromatic N) is 4. The molecule has 1 amide bonds. The number of aromatic nitrogens is 5. The zero-order valence-electron chi connectivity index (χ0n) is 16.0. The second kappa shape index (κ2) is 7.84. The second-order valence-corrected chi connectivity index (χ2v) is 8.40. The first-order valence-electron chi connectivity index (χ1n) is 8.75. The molecule has 0 fully saturated rings. The molecule has 0 bridgehead atoms. The van der Waals surface area contributed by atoms with Crippen molar-refractivity contribution in [1.82, 2.24) is 25.0 Å². The number of amides is 1. The summed E-state index contributed by atoms with van der Waals surface area (Å²) in [6.07, 6.45) is 0.696. The van der Waals surface area contributed by atoms with Crippen LogP contribution < -0.4 is 10.9 Å². The molecule has 0 aromatic carbocycles. The van der Waals surface area contributed by atoms with Crippen molar-refractivity contribution in [3.63, 3.8) is 0 Å². The minimum absolute atomic E-state index is 0.105. The molecule has 0 radical (unpaired) electrons. The second-order valence-electron chi connectivity index (χ2n) is 6.43. The number of fused-ring (bicyclic) bond motifs is 1. The Hall–Kier alpha value is -2.92. The molecule has 0 spiro atoms. The van der Waals surface area contributed by atoms with Gasteiger partial charge in [-0.3, -0.25) is 14.9 Å². The van der Waals surface area contributed by atoms with Gasteiger partial charge in [-0.15, -0.1) is 21.5 Å². The van der Waals surface area contributed by atoms with Gasteiger partial charge in [0.15, 0.2) is 5.16 Å². The number of carbonyl (C=O) groups excluding carboxylic acids is 1. The van der Waals surface area contributed by atoms with Gasteiger partial charge in [-0.25, -0.2) is 5.10 Å². The van der Waals surface area contributed by atoms with Gasteiger partial charge in [0.05, 0.1) is 16.8 Å². The number of aryl methyl sites for hydroxylation is 2. The van der Waals surface area contributed by atoms with Crippen molar-refractivity contribution in [1.29, 1.82) is 0 Å². The summed E-state index contributed by atoms with van der Waals surface area (Å²) < 4.78 is 7.48. The van der Waals surface area contributed by atoms with Crippen LogP contribution in [0.1, 0.15) is 22.2 Å². The predicted octanol–water partition coefficient (Wildman–Crippen LogP) is 2.64. The standard InChI is InChI=1S/C18H18N6O3S2/c1-9-14-10(2)27-17(15(14)16(26)22-20-9)19-13(25)8-29-18-23-21-12(24(18)3)7-11-5-4-6-28-11/h4-6H,7-8H2,1-3H3,(H,19,25)(H,22,26). The highest BCUT2D eigenvalue weighted by molar-refractivity contribution is 7.99. The third-order valence-electron chi connectivity index (χ3n) is 4.42. The minimum Gasteiger partial charge on any atom is -0.444 e. The molecule has 0 aliphatic carbocycles. The van der Waals surface area contributed by atoms with E-state index in [-0.39, 0.29) is 17.5 Å². The average molecular weight is 431 g/mol. The van der Waals surface area contributed by atoms with Crippen LogP contribution in [0.4, 0.5) is 5.88 Å². The van der Waals surface area contributed by atoms with Crippen LogP contribution in [0.25, 0.3) is 10.8 Å². The summed E-state index contributed by atoms with van der Waals surface area (Å²) in [5, 5.41) is 21.0. The first-order chi connectivity index (χ1) is 13.9. The number of aromatic amines is 1. The van der Waals surface area contributed by atoms with Gasteiger partial charge >= 0.3 is 0 Å². The molecule has 0 aliphatic rings. The van der Waals surface area contributed by atoms with Crippen LogP contribution in [0.3, 0.4) is 0 Å². The lowest BCUT2D eigenvalue weighted by Gasteiger charge is -2.04. The molecule has 4 rings (SSSR count). The van der Waals surface area contributed by atoms with Gasteiger partial charge in [-0.05, 0) is 25.3 Å². The number of hydrogen-bond donors (Lipinski definition) is 2. The van der Waals surface area contributed by atoms with E-state index in [9.17, 15) is 9.59 Å². The minimum atomic E-state index is -0.406. The molecule has 150 valence electrons. The molecule has 0 saturated heterocycles. The van der Waals surface area contributed by atoms with Crippen LogP contribution in [0, 0.1) is 13.8 Å². The molecule has 4 aromatic rings. The summed E-state index contributed by atoms with van der Waals surface area (Å²) in [5.41, 5.74) is 0.227. The molecule has 0 atom stereocenters. The van der Waals surface area contributed by atoms with Gasteiger partial charge in [0.25, 0.3) is 5.56 Å². The zero-order chi connectivity index (χ0) is 20.5. The number of rotatable bonds is 6. The molecule has 0 unspecified atom stereocenters. The Bertz CT molecular complexity index is 1240. The predicted molar refractivity (Wildman–Crippen MR) is 112 cm³/mol. The van der Waals surface area contributed by atoms with E-state index in [1.54, 1.807) is 25.2 Å². The molecule has 4 aromatic heterocycles. The van der Waals surface area contributed by atoms with Crippen molar-refractivity contribution < 1.29 is 9.21 Å². The highest BCUT2D eigenvalue weighted by atomic mass is 32.2. The molecule has 0 aliphatic heterocycles. The monoisotopic (exact) mass is 430 g/mol. The van der Waals surface area contributed by atoms with Crippen molar-refractivity contribution in [2.75, 3.05) is 11.1 Å². The Morgan fingerprint density at radius 3 is 2.93 bits per heavy atom. The summed E-state index contributed by atoms with van der Waals surface area (Å²) in [5.74, 6) is 1.30. The van der Waals surface area contributed by atoms with Crippen molar-refractivity contribution in [2.24, 2.45) is 7.05 Å². The van der Waals surface area contributed by atoms with Crippen molar-refractivity contribution in [2.45, 2.75) is 25.4 Å². The molecule has 9 nitrogen and oxygen atoms in total. The maximum Gasteiger partial charge on any atom is 0.277 e. The maximum atomic E-state index is 12.4. The summed E-state index contributed by atoms with van der Waals surface area (Å²) in [6, 6.07) is 4.05. The molecule has 11 heteroatoms. The van der Waals surface area contributed by atoms with Gasteiger partial charge in [0.2, 0.25) is 11.8 Å². The van der Waals surface area contributed by atoms with Crippen molar-refractivity contribution >= 4 is 45.7 Å². The normalized spacial score (nSPS) is 11.3. The number of thioether (sulfide) groups is 1. The van der Waals surface area contributed by atoms with E-state index in [1.165, 1.54) is 16.6 Å². The Balaban J connectivity index is 1.45. The number of H-pyrrole nitrogens is 1. The summed E-state index contributed by atoms with van der Waals surface area (Å²) >= 11 is 2.93. The summed E-state index contributed by atoms with van der Waals surface area (Å²) in [4.78, 5) is 25.8. The van der Waals surface area contributed by atoms with E-state index in [0.717, 1.165) is 5.82 Å². The van der Waals surface area contributed by atoms with Gasteiger partial charge in [-0.1, -0.05) is 17.8 Å². The van der Waals surface area contributed by atoms with Crippen LogP contribution in [0.5, 0.6) is 0 Å². The highest BCUT2D eigenvalue weighted by Gasteiger charge is 2.19. The summed E-state index contributed by atoms with van der Waals surface area (Å²) in [6.45, 7) is 3.50. The quantitative estimate of drug-likeness (QED) is 0.451. The third-order valence-corrected chi connectivity index (χ3v) is 6.32. The van der Waals surface area contributed by atoms with Crippen molar-refractivity contribution in [3.8, 4) is 0 Å². The van der Waals surface area contributed by atoms with Crippen LogP contribution in [0.2, 0.25) is 0 Å². The Morgan fingerprint density at radius 1 is 1.34 bits per heavy atom. The van der Waals surface area contributed by atoms with Gasteiger partial charge in [-0.2, -0.15) is 5.10 Å². The fraction of sp³-hybridized carbons (Fsp3) is 0.278. The summed E-state index contributed by atoms with van der Waals surface area (Å²) in [7, 11) is 1.88. The number of nitrogens with one attached hydrogen (secondary N) is 2. The number of hydrogen-bond acceptors (Lipinski definition) is 8. The van der Waals surface area contributed by atoms with Gasteiger partial charge < -0.3 is 8.98 Å². The first-order valence-corrected chi connectivity index (χ1v) is 10.6. The van der Waals surface area contributed by atoms with E-state index in [0.29, 0.717) is 33.8 Å². The fourth-order valence-electron chi connectivity index (χ4n) is 3.02. The van der Waals surface area contributed by atoms with Crippen LogP contribution >= 0.6 is 23.1 Å². The molecule has 29 heavy (non-hydrogen) atoms. The number of thiophene rings is 1. The third kappa shape index (κ3) is 3.83. The lowest BCUT2D eigenvalue weighted by molar-refractivity contribution is -0.113. The van der Waals surface area contributed by atoms with Gasteiger partial charge in [0, 0.05) is 18.3 Å². The van der Waals surface area contributed by atoms with Crippen LogP contribution in [-0.2, 0) is 18.3 Å².